The van der Waals surface area contributed by atoms with Crippen molar-refractivity contribution in [3.05, 3.63) is 29.5 Å². The molecule has 1 amide bonds. The van der Waals surface area contributed by atoms with Gasteiger partial charge in [-0.3, -0.25) is 9.48 Å². The van der Waals surface area contributed by atoms with Gasteiger partial charge in [0.1, 0.15) is 18.1 Å². The van der Waals surface area contributed by atoms with Crippen molar-refractivity contribution in [3.8, 4) is 0 Å². The number of amides is 1. The van der Waals surface area contributed by atoms with Crippen molar-refractivity contribution in [1.82, 2.24) is 19.3 Å². The normalized spacial score (nSPS) is 18.4. The fraction of sp³-hybridized carbons (Fsp3) is 0.588. The SMILES string of the molecule is Cc1cn(C2CCCCC2)nc1NC(=O)c1cnc2n1CCOC2. The molecule has 7 heteroatoms. The Bertz CT molecular complexity index is 742. The zero-order chi connectivity index (χ0) is 16.5. The first kappa shape index (κ1) is 15.4. The van der Waals surface area contributed by atoms with Crippen LogP contribution in [0, 0.1) is 6.92 Å². The van der Waals surface area contributed by atoms with Gasteiger partial charge in [0, 0.05) is 18.3 Å². The van der Waals surface area contributed by atoms with Crippen LogP contribution in [0.4, 0.5) is 5.82 Å². The average molecular weight is 329 g/mol. The van der Waals surface area contributed by atoms with E-state index < -0.39 is 0 Å². The van der Waals surface area contributed by atoms with Crippen LogP contribution >= 0.6 is 0 Å². The summed E-state index contributed by atoms with van der Waals surface area (Å²) < 4.78 is 9.32. The molecule has 1 N–H and O–H groups in total. The lowest BCUT2D eigenvalue weighted by Gasteiger charge is -2.21. The summed E-state index contributed by atoms with van der Waals surface area (Å²) in [6.07, 6.45) is 9.84. The molecular formula is C17H23N5O2. The van der Waals surface area contributed by atoms with Crippen molar-refractivity contribution in [2.45, 2.75) is 58.2 Å². The lowest BCUT2D eigenvalue weighted by atomic mass is 9.96. The molecule has 0 radical (unpaired) electrons. The van der Waals surface area contributed by atoms with Crippen LogP contribution in [0.2, 0.25) is 0 Å². The van der Waals surface area contributed by atoms with E-state index in [4.69, 9.17) is 4.74 Å². The highest BCUT2D eigenvalue weighted by molar-refractivity contribution is 6.02. The molecule has 24 heavy (non-hydrogen) atoms. The van der Waals surface area contributed by atoms with E-state index in [1.165, 1.54) is 32.1 Å². The van der Waals surface area contributed by atoms with Crippen molar-refractivity contribution < 1.29 is 9.53 Å². The molecule has 0 unspecified atom stereocenters. The fourth-order valence-electron chi connectivity index (χ4n) is 3.59. The van der Waals surface area contributed by atoms with Gasteiger partial charge in [-0.15, -0.1) is 0 Å². The van der Waals surface area contributed by atoms with Crippen LogP contribution in [-0.2, 0) is 17.9 Å². The molecule has 1 saturated carbocycles. The number of imidazole rings is 1. The molecule has 3 heterocycles. The van der Waals surface area contributed by atoms with Crippen molar-refractivity contribution in [3.63, 3.8) is 0 Å². The lowest BCUT2D eigenvalue weighted by molar-refractivity contribution is 0.0791. The Labute approximate surface area is 141 Å². The molecule has 1 aliphatic heterocycles. The maximum Gasteiger partial charge on any atom is 0.275 e. The first-order valence-corrected chi connectivity index (χ1v) is 8.71. The number of hydrogen-bond acceptors (Lipinski definition) is 4. The Morgan fingerprint density at radius 2 is 2.17 bits per heavy atom. The highest BCUT2D eigenvalue weighted by Gasteiger charge is 2.22. The summed E-state index contributed by atoms with van der Waals surface area (Å²) in [5, 5.41) is 7.58. The summed E-state index contributed by atoms with van der Waals surface area (Å²) in [6, 6.07) is 0.461. The highest BCUT2D eigenvalue weighted by atomic mass is 16.5. The number of rotatable bonds is 3. The summed E-state index contributed by atoms with van der Waals surface area (Å²) in [4.78, 5) is 16.9. The second kappa shape index (κ2) is 6.39. The van der Waals surface area contributed by atoms with E-state index in [9.17, 15) is 4.79 Å². The first-order valence-electron chi connectivity index (χ1n) is 8.71. The number of ether oxygens (including phenoxy) is 1. The van der Waals surface area contributed by atoms with Gasteiger partial charge in [0.25, 0.3) is 5.91 Å². The summed E-state index contributed by atoms with van der Waals surface area (Å²) in [5.41, 5.74) is 1.57. The summed E-state index contributed by atoms with van der Waals surface area (Å²) in [7, 11) is 0. The third-order valence-corrected chi connectivity index (χ3v) is 4.96. The number of aromatic nitrogens is 4. The highest BCUT2D eigenvalue weighted by Crippen LogP contribution is 2.29. The molecule has 4 rings (SSSR count). The van der Waals surface area contributed by atoms with Crippen LogP contribution in [0.15, 0.2) is 12.4 Å². The van der Waals surface area contributed by atoms with E-state index in [1.807, 2.05) is 22.4 Å². The van der Waals surface area contributed by atoms with E-state index in [-0.39, 0.29) is 5.91 Å². The summed E-state index contributed by atoms with van der Waals surface area (Å²) >= 11 is 0. The van der Waals surface area contributed by atoms with Crippen molar-refractivity contribution >= 4 is 11.7 Å². The predicted molar refractivity (Wildman–Crippen MR) is 88.9 cm³/mol. The number of carbonyl (C=O) groups is 1. The molecule has 2 aromatic rings. The van der Waals surface area contributed by atoms with Gasteiger partial charge in [-0.25, -0.2) is 4.98 Å². The Morgan fingerprint density at radius 1 is 1.33 bits per heavy atom. The number of fused-ring (bicyclic) bond motifs is 1. The van der Waals surface area contributed by atoms with Gasteiger partial charge in [-0.2, -0.15) is 5.10 Å². The summed E-state index contributed by atoms with van der Waals surface area (Å²) in [6.45, 7) is 3.72. The number of nitrogens with zero attached hydrogens (tertiary/aromatic N) is 4. The molecule has 128 valence electrons. The molecule has 0 spiro atoms. The van der Waals surface area contributed by atoms with Crippen molar-refractivity contribution in [1.29, 1.82) is 0 Å². The molecular weight excluding hydrogens is 306 g/mol. The van der Waals surface area contributed by atoms with Gasteiger partial charge >= 0.3 is 0 Å². The Hall–Kier alpha value is -2.15. The van der Waals surface area contributed by atoms with Gasteiger partial charge in [0.2, 0.25) is 0 Å². The Kier molecular flexibility index (Phi) is 4.10. The van der Waals surface area contributed by atoms with Crippen molar-refractivity contribution in [2.24, 2.45) is 0 Å². The third-order valence-electron chi connectivity index (χ3n) is 4.96. The lowest BCUT2D eigenvalue weighted by Crippen LogP contribution is -2.23. The molecule has 0 saturated heterocycles. The van der Waals surface area contributed by atoms with Crippen LogP contribution in [0.1, 0.15) is 60.0 Å². The van der Waals surface area contributed by atoms with Crippen LogP contribution in [0.5, 0.6) is 0 Å². The molecule has 1 aliphatic carbocycles. The largest absolute Gasteiger partial charge is 0.372 e. The number of aryl methyl sites for hydroxylation is 1. The van der Waals surface area contributed by atoms with E-state index >= 15 is 0 Å². The average Bonchev–Trinajstić information content (AvgIpc) is 3.20. The minimum absolute atomic E-state index is 0.160. The predicted octanol–water partition coefficient (Wildman–Crippen LogP) is 2.68. The molecule has 0 aromatic carbocycles. The maximum atomic E-state index is 12.6. The second-order valence-electron chi connectivity index (χ2n) is 6.65. The fourth-order valence-corrected chi connectivity index (χ4v) is 3.59. The van der Waals surface area contributed by atoms with Crippen LogP contribution < -0.4 is 5.32 Å². The van der Waals surface area contributed by atoms with E-state index in [0.29, 0.717) is 37.3 Å². The van der Waals surface area contributed by atoms with Gasteiger partial charge in [-0.05, 0) is 19.8 Å². The number of hydrogen-bond donors (Lipinski definition) is 1. The van der Waals surface area contributed by atoms with E-state index in [1.54, 1.807) is 6.20 Å². The second-order valence-corrected chi connectivity index (χ2v) is 6.65. The zero-order valence-corrected chi connectivity index (χ0v) is 14.0. The molecule has 0 bridgehead atoms. The molecule has 1 fully saturated rings. The van der Waals surface area contributed by atoms with Gasteiger partial charge in [0.05, 0.1) is 18.8 Å². The van der Waals surface area contributed by atoms with Gasteiger partial charge < -0.3 is 14.6 Å². The number of nitrogens with one attached hydrogen (secondary N) is 1. The monoisotopic (exact) mass is 329 g/mol. The Balaban J connectivity index is 1.51. The van der Waals surface area contributed by atoms with Gasteiger partial charge in [0.15, 0.2) is 5.82 Å². The van der Waals surface area contributed by atoms with E-state index in [2.05, 4.69) is 15.4 Å². The van der Waals surface area contributed by atoms with E-state index in [0.717, 1.165) is 11.4 Å². The van der Waals surface area contributed by atoms with Crippen LogP contribution in [0.3, 0.4) is 0 Å². The first-order chi connectivity index (χ1) is 11.7. The van der Waals surface area contributed by atoms with Gasteiger partial charge in [-0.1, -0.05) is 19.3 Å². The molecule has 2 aliphatic rings. The maximum absolute atomic E-state index is 12.6. The molecule has 2 aromatic heterocycles. The minimum atomic E-state index is -0.160. The molecule has 0 atom stereocenters. The third kappa shape index (κ3) is 2.84. The van der Waals surface area contributed by atoms with Crippen molar-refractivity contribution in [2.75, 3.05) is 11.9 Å². The number of carbonyl (C=O) groups excluding carboxylic acids is 1. The molecule has 7 nitrogen and oxygen atoms in total. The minimum Gasteiger partial charge on any atom is -0.372 e. The quantitative estimate of drug-likeness (QED) is 0.939. The Morgan fingerprint density at radius 3 is 3.00 bits per heavy atom. The standard InChI is InChI=1S/C17H23N5O2/c1-12-10-22(13-5-3-2-4-6-13)20-16(12)19-17(23)14-9-18-15-11-24-8-7-21(14)15/h9-10,13H,2-8,11H2,1H3,(H,19,20,23). The topological polar surface area (TPSA) is 74.0 Å². The van der Waals surface area contributed by atoms with Crippen LogP contribution in [-0.4, -0.2) is 31.8 Å². The zero-order valence-electron chi connectivity index (χ0n) is 14.0. The summed E-state index contributed by atoms with van der Waals surface area (Å²) in [5.74, 6) is 1.29. The van der Waals surface area contributed by atoms with Crippen LogP contribution in [0.25, 0.3) is 0 Å². The smallest absolute Gasteiger partial charge is 0.275 e. The number of anilines is 1.